The Kier molecular flexibility index (Phi) is 5.02. The number of hydrogen-bond acceptors (Lipinski definition) is 3. The number of nitrogens with zero attached hydrogens (tertiary/aromatic N) is 1. The third kappa shape index (κ3) is 3.79. The van der Waals surface area contributed by atoms with E-state index in [0.717, 1.165) is 5.92 Å². The lowest BCUT2D eigenvalue weighted by Crippen LogP contribution is -2.38. The Morgan fingerprint density at radius 3 is 2.58 bits per heavy atom. The molecule has 0 spiro atoms. The van der Waals surface area contributed by atoms with E-state index < -0.39 is 0 Å². The van der Waals surface area contributed by atoms with Gasteiger partial charge in [-0.25, -0.2) is 4.98 Å². The highest BCUT2D eigenvalue weighted by molar-refractivity contribution is 7.07. The van der Waals surface area contributed by atoms with Gasteiger partial charge in [0, 0.05) is 17.5 Å². The molecule has 0 aromatic carbocycles. The van der Waals surface area contributed by atoms with Crippen LogP contribution in [0, 0.1) is 11.3 Å². The van der Waals surface area contributed by atoms with Crippen LogP contribution in [0.1, 0.15) is 71.5 Å². The highest BCUT2D eigenvalue weighted by Gasteiger charge is 2.32. The molecule has 1 fully saturated rings. The first-order chi connectivity index (χ1) is 9.03. The summed E-state index contributed by atoms with van der Waals surface area (Å²) in [5.41, 5.74) is 3.64. The van der Waals surface area contributed by atoms with Crippen molar-refractivity contribution in [3.8, 4) is 0 Å². The summed E-state index contributed by atoms with van der Waals surface area (Å²) in [7, 11) is 0. The van der Waals surface area contributed by atoms with Crippen LogP contribution >= 0.6 is 11.3 Å². The predicted molar refractivity (Wildman–Crippen MR) is 83.5 cm³/mol. The van der Waals surface area contributed by atoms with E-state index in [2.05, 4.69) is 43.4 Å². The van der Waals surface area contributed by atoms with Gasteiger partial charge in [0.1, 0.15) is 0 Å². The first-order valence-electron chi connectivity index (χ1n) is 7.67. The maximum atomic E-state index is 4.41. The van der Waals surface area contributed by atoms with Gasteiger partial charge in [0.2, 0.25) is 0 Å². The molecule has 1 aromatic rings. The van der Waals surface area contributed by atoms with Crippen molar-refractivity contribution < 1.29 is 0 Å². The van der Waals surface area contributed by atoms with E-state index in [1.165, 1.54) is 37.8 Å². The summed E-state index contributed by atoms with van der Waals surface area (Å²) in [5.74, 6) is 0.908. The van der Waals surface area contributed by atoms with E-state index in [4.69, 9.17) is 0 Å². The Morgan fingerprint density at radius 1 is 1.37 bits per heavy atom. The van der Waals surface area contributed by atoms with Crippen LogP contribution in [0.4, 0.5) is 0 Å². The molecule has 1 heterocycles. The molecule has 1 aromatic heterocycles. The fourth-order valence-electron chi connectivity index (χ4n) is 3.20. The van der Waals surface area contributed by atoms with Crippen LogP contribution in [0.15, 0.2) is 10.9 Å². The highest BCUT2D eigenvalue weighted by Crippen LogP contribution is 2.40. The summed E-state index contributed by atoms with van der Waals surface area (Å²) in [4.78, 5) is 4.41. The van der Waals surface area contributed by atoms with Gasteiger partial charge in [0.15, 0.2) is 0 Å². The molecule has 0 amide bonds. The third-order valence-corrected chi connectivity index (χ3v) is 5.73. The zero-order chi connectivity index (χ0) is 13.9. The SMILES string of the molecule is CCC(C)(C)C1CCC(NC(C)c2cscn2)CC1. The number of nitrogens with one attached hydrogen (secondary N) is 1. The van der Waals surface area contributed by atoms with Crippen molar-refractivity contribution in [3.63, 3.8) is 0 Å². The number of hydrogen-bond donors (Lipinski definition) is 1. The van der Waals surface area contributed by atoms with Crippen molar-refractivity contribution in [3.05, 3.63) is 16.6 Å². The van der Waals surface area contributed by atoms with Crippen molar-refractivity contribution in [1.82, 2.24) is 10.3 Å². The molecule has 1 aliphatic carbocycles. The van der Waals surface area contributed by atoms with E-state index >= 15 is 0 Å². The van der Waals surface area contributed by atoms with Crippen molar-refractivity contribution in [2.24, 2.45) is 11.3 Å². The fraction of sp³-hybridized carbons (Fsp3) is 0.812. The summed E-state index contributed by atoms with van der Waals surface area (Å²) in [6.07, 6.45) is 6.70. The average molecular weight is 280 g/mol. The molecule has 108 valence electrons. The predicted octanol–water partition coefficient (Wildman–Crippen LogP) is 4.79. The van der Waals surface area contributed by atoms with Crippen LogP contribution in [0.3, 0.4) is 0 Å². The van der Waals surface area contributed by atoms with Gasteiger partial charge in [-0.15, -0.1) is 11.3 Å². The minimum absolute atomic E-state index is 0.395. The summed E-state index contributed by atoms with van der Waals surface area (Å²) in [6, 6.07) is 1.08. The lowest BCUT2D eigenvalue weighted by atomic mass is 9.69. The standard InChI is InChI=1S/C16H28N2S/c1-5-16(3,4)13-6-8-14(9-7-13)18-12(2)15-10-19-11-17-15/h10-14,18H,5-9H2,1-4H3. The summed E-state index contributed by atoms with van der Waals surface area (Å²) >= 11 is 1.69. The van der Waals surface area contributed by atoms with Gasteiger partial charge in [0.05, 0.1) is 11.2 Å². The van der Waals surface area contributed by atoms with Crippen LogP contribution in [0.25, 0.3) is 0 Å². The molecule has 1 saturated carbocycles. The van der Waals surface area contributed by atoms with Crippen molar-refractivity contribution in [2.45, 2.75) is 71.9 Å². The van der Waals surface area contributed by atoms with Gasteiger partial charge in [-0.05, 0) is 43.9 Å². The van der Waals surface area contributed by atoms with Crippen LogP contribution in [0.5, 0.6) is 0 Å². The first-order valence-corrected chi connectivity index (χ1v) is 8.61. The molecule has 3 heteroatoms. The molecule has 1 atom stereocenters. The van der Waals surface area contributed by atoms with Crippen LogP contribution in [0.2, 0.25) is 0 Å². The number of aromatic nitrogens is 1. The molecule has 2 nitrogen and oxygen atoms in total. The monoisotopic (exact) mass is 280 g/mol. The normalized spacial score (nSPS) is 26.3. The lowest BCUT2D eigenvalue weighted by molar-refractivity contribution is 0.134. The third-order valence-electron chi connectivity index (χ3n) is 5.12. The second kappa shape index (κ2) is 6.36. The minimum Gasteiger partial charge on any atom is -0.306 e. The van der Waals surface area contributed by atoms with E-state index in [1.807, 2.05) is 5.51 Å². The molecule has 0 aliphatic heterocycles. The summed E-state index contributed by atoms with van der Waals surface area (Å²) in [6.45, 7) is 9.43. The quantitative estimate of drug-likeness (QED) is 0.839. The molecule has 0 saturated heterocycles. The summed E-state index contributed by atoms with van der Waals surface area (Å²) in [5, 5.41) is 5.91. The van der Waals surface area contributed by atoms with Crippen LogP contribution in [-0.2, 0) is 0 Å². The van der Waals surface area contributed by atoms with E-state index in [1.54, 1.807) is 11.3 Å². The Labute approximate surface area is 122 Å². The smallest absolute Gasteiger partial charge is 0.0795 e. The first kappa shape index (κ1) is 15.0. The van der Waals surface area contributed by atoms with E-state index in [9.17, 15) is 0 Å². The Morgan fingerprint density at radius 2 is 2.05 bits per heavy atom. The Bertz CT molecular complexity index is 364. The van der Waals surface area contributed by atoms with Gasteiger partial charge in [0.25, 0.3) is 0 Å². The highest BCUT2D eigenvalue weighted by atomic mass is 32.1. The van der Waals surface area contributed by atoms with Gasteiger partial charge in [-0.2, -0.15) is 0 Å². The number of rotatable bonds is 5. The maximum Gasteiger partial charge on any atom is 0.0795 e. The summed E-state index contributed by atoms with van der Waals surface area (Å²) < 4.78 is 0. The Hall–Kier alpha value is -0.410. The largest absolute Gasteiger partial charge is 0.306 e. The Balaban J connectivity index is 1.81. The zero-order valence-electron chi connectivity index (χ0n) is 12.8. The molecule has 1 unspecified atom stereocenters. The molecular formula is C16H28N2S. The van der Waals surface area contributed by atoms with Gasteiger partial charge in [-0.1, -0.05) is 27.2 Å². The second-order valence-electron chi connectivity index (χ2n) is 6.69. The molecule has 1 N–H and O–H groups in total. The molecule has 0 radical (unpaired) electrons. The number of thiazole rings is 1. The second-order valence-corrected chi connectivity index (χ2v) is 7.41. The molecule has 0 bridgehead atoms. The van der Waals surface area contributed by atoms with Gasteiger partial charge in [-0.3, -0.25) is 0 Å². The van der Waals surface area contributed by atoms with Crippen LogP contribution < -0.4 is 5.32 Å². The average Bonchev–Trinajstić information content (AvgIpc) is 2.93. The maximum absolute atomic E-state index is 4.41. The van der Waals surface area contributed by atoms with E-state index in [0.29, 0.717) is 17.5 Å². The molecule has 1 aliphatic rings. The minimum atomic E-state index is 0.395. The zero-order valence-corrected chi connectivity index (χ0v) is 13.6. The van der Waals surface area contributed by atoms with Gasteiger partial charge >= 0.3 is 0 Å². The van der Waals surface area contributed by atoms with Crippen molar-refractivity contribution >= 4 is 11.3 Å². The molecule has 2 rings (SSSR count). The van der Waals surface area contributed by atoms with Crippen molar-refractivity contribution in [2.75, 3.05) is 0 Å². The molecule has 19 heavy (non-hydrogen) atoms. The lowest BCUT2D eigenvalue weighted by Gasteiger charge is -2.39. The van der Waals surface area contributed by atoms with Gasteiger partial charge < -0.3 is 5.32 Å². The van der Waals surface area contributed by atoms with E-state index in [-0.39, 0.29) is 0 Å². The van der Waals surface area contributed by atoms with Crippen molar-refractivity contribution in [1.29, 1.82) is 0 Å². The van der Waals surface area contributed by atoms with Crippen LogP contribution in [-0.4, -0.2) is 11.0 Å². The molecular weight excluding hydrogens is 252 g/mol. The topological polar surface area (TPSA) is 24.9 Å². The fourth-order valence-corrected chi connectivity index (χ4v) is 3.85.